The molecule has 2 fully saturated rings. The van der Waals surface area contributed by atoms with Crippen LogP contribution in [0, 0.1) is 17.3 Å². The van der Waals surface area contributed by atoms with Gasteiger partial charge in [-0.15, -0.1) is 0 Å². The molecule has 7 heteroatoms. The van der Waals surface area contributed by atoms with Gasteiger partial charge in [0.25, 0.3) is 0 Å². The average molecular weight is 467 g/mol. The van der Waals surface area contributed by atoms with Crippen LogP contribution in [0.3, 0.4) is 0 Å². The summed E-state index contributed by atoms with van der Waals surface area (Å²) < 4.78 is 18.2. The Bertz CT molecular complexity index is 790. The lowest BCUT2D eigenvalue weighted by molar-refractivity contribution is -0.338. The first-order valence-corrected chi connectivity index (χ1v) is 12.2. The molecule has 188 valence electrons. The van der Waals surface area contributed by atoms with E-state index in [1.807, 2.05) is 6.92 Å². The van der Waals surface area contributed by atoms with Gasteiger partial charge in [0.1, 0.15) is 12.2 Å². The van der Waals surface area contributed by atoms with Crippen LogP contribution in [0.2, 0.25) is 0 Å². The molecule has 1 saturated carbocycles. The molecule has 3 N–H and O–H groups in total. The molecule has 1 saturated heterocycles. The summed E-state index contributed by atoms with van der Waals surface area (Å²) >= 11 is 0. The molecule has 0 aromatic carbocycles. The fourth-order valence-corrected chi connectivity index (χ4v) is 5.69. The van der Waals surface area contributed by atoms with E-state index in [2.05, 4.69) is 26.8 Å². The number of carbonyl (C=O) groups excluding carboxylic acids is 1. The highest BCUT2D eigenvalue weighted by Crippen LogP contribution is 2.56. The number of hydrogen-bond acceptors (Lipinski definition) is 7. The number of carbonyl (C=O) groups is 1. The number of esters is 1. The second-order valence-corrected chi connectivity index (χ2v) is 10.9. The van der Waals surface area contributed by atoms with E-state index in [-0.39, 0.29) is 11.3 Å². The van der Waals surface area contributed by atoms with Crippen molar-refractivity contribution in [3.05, 3.63) is 23.3 Å². The molecule has 1 heterocycles. The van der Waals surface area contributed by atoms with Gasteiger partial charge in [0.05, 0.1) is 17.8 Å². The molecule has 7 nitrogen and oxygen atoms in total. The van der Waals surface area contributed by atoms with Crippen LogP contribution >= 0.6 is 0 Å². The maximum atomic E-state index is 12.5. The van der Waals surface area contributed by atoms with E-state index in [1.165, 1.54) is 5.57 Å². The van der Waals surface area contributed by atoms with Gasteiger partial charge in [0.2, 0.25) is 0 Å². The lowest BCUT2D eigenvalue weighted by atomic mass is 9.54. The molecule has 2 aliphatic carbocycles. The third-order valence-corrected chi connectivity index (χ3v) is 8.36. The SMILES string of the molecule is C/C=C(/C)C(=O)O[C@@H]1[C@@H](O[C@]2(C)CC[C@H](O)[C@@]3(C)CC=C(C(C)C)C[C@@H]32)O[C@@H](C)[C@@H](O)[C@H]1O. The molecule has 0 radical (unpaired) electrons. The minimum Gasteiger partial charge on any atom is -0.451 e. The fraction of sp³-hybridized carbons (Fsp3) is 0.808. The van der Waals surface area contributed by atoms with Crippen molar-refractivity contribution in [3.8, 4) is 0 Å². The molecule has 0 aromatic heterocycles. The highest BCUT2D eigenvalue weighted by atomic mass is 16.7. The largest absolute Gasteiger partial charge is 0.451 e. The van der Waals surface area contributed by atoms with Crippen molar-refractivity contribution < 1.29 is 34.3 Å². The summed E-state index contributed by atoms with van der Waals surface area (Å²) in [5, 5.41) is 32.1. The van der Waals surface area contributed by atoms with Gasteiger partial charge >= 0.3 is 5.97 Å². The van der Waals surface area contributed by atoms with Gasteiger partial charge in [-0.1, -0.05) is 38.5 Å². The highest BCUT2D eigenvalue weighted by Gasteiger charge is 2.57. The summed E-state index contributed by atoms with van der Waals surface area (Å²) in [5.74, 6) is -0.164. The number of hydrogen-bond donors (Lipinski definition) is 3. The highest BCUT2D eigenvalue weighted by molar-refractivity contribution is 5.87. The van der Waals surface area contributed by atoms with Crippen molar-refractivity contribution >= 4 is 5.97 Å². The Hall–Kier alpha value is -1.25. The van der Waals surface area contributed by atoms with Crippen LogP contribution in [0.25, 0.3) is 0 Å². The summed E-state index contributed by atoms with van der Waals surface area (Å²) in [4.78, 5) is 12.5. The Labute approximate surface area is 197 Å². The lowest BCUT2D eigenvalue weighted by Crippen LogP contribution is -2.63. The minimum absolute atomic E-state index is 0.0210. The quantitative estimate of drug-likeness (QED) is 0.324. The van der Waals surface area contributed by atoms with Crippen molar-refractivity contribution in [3.63, 3.8) is 0 Å². The summed E-state index contributed by atoms with van der Waals surface area (Å²) in [7, 11) is 0. The molecule has 0 unspecified atom stereocenters. The van der Waals surface area contributed by atoms with E-state index >= 15 is 0 Å². The second-order valence-electron chi connectivity index (χ2n) is 10.9. The average Bonchev–Trinajstić information content (AvgIpc) is 2.77. The van der Waals surface area contributed by atoms with Gasteiger partial charge in [-0.2, -0.15) is 0 Å². The van der Waals surface area contributed by atoms with Gasteiger partial charge in [-0.05, 0) is 65.2 Å². The van der Waals surface area contributed by atoms with Crippen molar-refractivity contribution in [1.82, 2.24) is 0 Å². The first-order valence-electron chi connectivity index (χ1n) is 12.2. The van der Waals surface area contributed by atoms with Crippen molar-refractivity contribution in [1.29, 1.82) is 0 Å². The van der Waals surface area contributed by atoms with Crippen molar-refractivity contribution in [2.45, 2.75) is 117 Å². The zero-order valence-electron chi connectivity index (χ0n) is 21.1. The van der Waals surface area contributed by atoms with E-state index in [0.717, 1.165) is 12.8 Å². The first-order chi connectivity index (χ1) is 15.3. The minimum atomic E-state index is -1.34. The summed E-state index contributed by atoms with van der Waals surface area (Å²) in [6.45, 7) is 13.5. The molecule has 0 amide bonds. The third-order valence-electron chi connectivity index (χ3n) is 8.36. The molecule has 33 heavy (non-hydrogen) atoms. The lowest BCUT2D eigenvalue weighted by Gasteiger charge is -2.57. The van der Waals surface area contributed by atoms with Gasteiger partial charge in [0, 0.05) is 11.0 Å². The monoisotopic (exact) mass is 466 g/mol. The van der Waals surface area contributed by atoms with Gasteiger partial charge in [0.15, 0.2) is 12.4 Å². The zero-order chi connectivity index (χ0) is 24.7. The topological polar surface area (TPSA) is 105 Å². The number of ether oxygens (including phenoxy) is 3. The van der Waals surface area contributed by atoms with Crippen LogP contribution in [-0.4, -0.2) is 63.7 Å². The second kappa shape index (κ2) is 9.78. The molecule has 0 bridgehead atoms. The van der Waals surface area contributed by atoms with E-state index in [0.29, 0.717) is 24.3 Å². The number of aliphatic hydroxyl groups is 3. The number of fused-ring (bicyclic) bond motifs is 1. The Morgan fingerprint density at radius 1 is 1.24 bits per heavy atom. The van der Waals surface area contributed by atoms with Crippen LogP contribution in [0.4, 0.5) is 0 Å². The van der Waals surface area contributed by atoms with E-state index in [1.54, 1.807) is 26.8 Å². The Morgan fingerprint density at radius 3 is 2.52 bits per heavy atom. The predicted molar refractivity (Wildman–Crippen MR) is 124 cm³/mol. The van der Waals surface area contributed by atoms with E-state index < -0.39 is 48.4 Å². The Morgan fingerprint density at radius 2 is 1.91 bits per heavy atom. The van der Waals surface area contributed by atoms with E-state index in [4.69, 9.17) is 14.2 Å². The van der Waals surface area contributed by atoms with Crippen LogP contribution in [0.1, 0.15) is 74.1 Å². The van der Waals surface area contributed by atoms with Gasteiger partial charge in [-0.25, -0.2) is 4.79 Å². The maximum Gasteiger partial charge on any atom is 0.333 e. The van der Waals surface area contributed by atoms with Gasteiger partial charge in [-0.3, -0.25) is 0 Å². The Kier molecular flexibility index (Phi) is 7.81. The summed E-state index contributed by atoms with van der Waals surface area (Å²) in [5.41, 5.74) is 0.723. The maximum absolute atomic E-state index is 12.5. The zero-order valence-corrected chi connectivity index (χ0v) is 21.1. The van der Waals surface area contributed by atoms with Crippen LogP contribution < -0.4 is 0 Å². The number of rotatable bonds is 5. The molecular weight excluding hydrogens is 424 g/mol. The van der Waals surface area contributed by atoms with Crippen LogP contribution in [0.5, 0.6) is 0 Å². The summed E-state index contributed by atoms with van der Waals surface area (Å²) in [6, 6.07) is 0. The smallest absolute Gasteiger partial charge is 0.333 e. The molecule has 3 rings (SSSR count). The standard InChI is InChI=1S/C26H42O7/c1-8-15(4)23(30)32-22-21(29)20(28)16(5)31-24(22)33-26(7)12-10-19(27)25(6)11-9-17(14(2)3)13-18(25)26/h8-9,14,16,18-22,24,27-29H,10-13H2,1-7H3/b15-8-/t16-,18-,19-,20+,21+,22-,24+,25-,26+/m0/s1. The van der Waals surface area contributed by atoms with Gasteiger partial charge < -0.3 is 29.5 Å². The van der Waals surface area contributed by atoms with Crippen LogP contribution in [-0.2, 0) is 19.0 Å². The van der Waals surface area contributed by atoms with Crippen molar-refractivity contribution in [2.24, 2.45) is 17.3 Å². The molecule has 0 spiro atoms. The molecule has 3 aliphatic rings. The third kappa shape index (κ3) is 4.94. The van der Waals surface area contributed by atoms with Crippen LogP contribution in [0.15, 0.2) is 23.3 Å². The van der Waals surface area contributed by atoms with E-state index in [9.17, 15) is 20.1 Å². The molecule has 0 aromatic rings. The van der Waals surface area contributed by atoms with Crippen molar-refractivity contribution in [2.75, 3.05) is 0 Å². The molecule has 9 atom stereocenters. The summed E-state index contributed by atoms with van der Waals surface area (Å²) in [6.07, 6.45) is 0.791. The Balaban J connectivity index is 1.91. The predicted octanol–water partition coefficient (Wildman–Crippen LogP) is 3.26. The molecule has 1 aliphatic heterocycles. The first kappa shape index (κ1) is 26.4. The fourth-order valence-electron chi connectivity index (χ4n) is 5.69. The number of aliphatic hydroxyl groups excluding tert-OH is 3. The molecular formula is C26H42O7. The normalized spacial score (nSPS) is 44.3. The number of allylic oxidation sites excluding steroid dienone is 3.